The van der Waals surface area contributed by atoms with Gasteiger partial charge in [0.05, 0.1) is 7.11 Å². The summed E-state index contributed by atoms with van der Waals surface area (Å²) in [6.45, 7) is 1.68. The van der Waals surface area contributed by atoms with E-state index in [9.17, 15) is 4.79 Å². The summed E-state index contributed by atoms with van der Waals surface area (Å²) in [5.41, 5.74) is 0.805. The highest BCUT2D eigenvalue weighted by molar-refractivity contribution is 5.94. The number of amides is 1. The number of methoxy groups -OCH3 is 1. The van der Waals surface area contributed by atoms with Crippen molar-refractivity contribution in [1.29, 1.82) is 0 Å². The summed E-state index contributed by atoms with van der Waals surface area (Å²) in [6, 6.07) is 7.43. The molecule has 3 nitrogen and oxygen atoms in total. The van der Waals surface area contributed by atoms with Crippen LogP contribution in [0.1, 0.15) is 24.8 Å². The number of hydrogen-bond acceptors (Lipinski definition) is 2. The number of ether oxygens (including phenoxy) is 1. The molecule has 3 heteroatoms. The zero-order valence-corrected chi connectivity index (χ0v) is 10.6. The molecule has 0 bridgehead atoms. The minimum atomic E-state index is -0.0717. The van der Waals surface area contributed by atoms with Crippen molar-refractivity contribution in [3.63, 3.8) is 0 Å². The second-order valence-electron chi connectivity index (χ2n) is 4.33. The monoisotopic (exact) mass is 243 g/mol. The van der Waals surface area contributed by atoms with Crippen LogP contribution in [0.2, 0.25) is 0 Å². The second kappa shape index (κ2) is 6.11. The highest BCUT2D eigenvalue weighted by atomic mass is 16.5. The van der Waals surface area contributed by atoms with Gasteiger partial charge in [-0.05, 0) is 37.5 Å². The van der Waals surface area contributed by atoms with Crippen molar-refractivity contribution < 1.29 is 9.53 Å². The lowest BCUT2D eigenvalue weighted by atomic mass is 10.1. The first-order valence-electron chi connectivity index (χ1n) is 6.24. The van der Waals surface area contributed by atoms with Gasteiger partial charge in [-0.3, -0.25) is 4.79 Å². The van der Waals surface area contributed by atoms with Gasteiger partial charge < -0.3 is 9.64 Å². The first kappa shape index (κ1) is 12.5. The van der Waals surface area contributed by atoms with Crippen molar-refractivity contribution >= 4 is 5.91 Å². The molecule has 18 heavy (non-hydrogen) atoms. The SMILES string of the molecule is COc1cccc(C#CC(=O)N2CCCCC2)c1. The molecule has 1 fully saturated rings. The number of carbonyl (C=O) groups excluding carboxylic acids is 1. The molecule has 0 radical (unpaired) electrons. The van der Waals surface area contributed by atoms with E-state index in [1.165, 1.54) is 6.42 Å². The van der Waals surface area contributed by atoms with Gasteiger partial charge in [-0.15, -0.1) is 0 Å². The summed E-state index contributed by atoms with van der Waals surface area (Å²) < 4.78 is 5.11. The number of rotatable bonds is 1. The first-order valence-corrected chi connectivity index (χ1v) is 6.24. The van der Waals surface area contributed by atoms with Gasteiger partial charge in [0.1, 0.15) is 5.75 Å². The largest absolute Gasteiger partial charge is 0.497 e. The molecule has 1 aliphatic rings. The van der Waals surface area contributed by atoms with E-state index in [0.29, 0.717) is 0 Å². The quantitative estimate of drug-likeness (QED) is 0.707. The summed E-state index contributed by atoms with van der Waals surface area (Å²) in [6.07, 6.45) is 3.40. The fraction of sp³-hybridized carbons (Fsp3) is 0.400. The molecule has 0 unspecified atom stereocenters. The lowest BCUT2D eigenvalue weighted by molar-refractivity contribution is -0.125. The van der Waals surface area contributed by atoms with Crippen LogP contribution < -0.4 is 4.74 Å². The van der Waals surface area contributed by atoms with E-state index in [2.05, 4.69) is 11.8 Å². The Balaban J connectivity index is 2.03. The molecule has 1 amide bonds. The van der Waals surface area contributed by atoms with Crippen molar-refractivity contribution in [2.75, 3.05) is 20.2 Å². The Morgan fingerprint density at radius 2 is 2.06 bits per heavy atom. The Labute approximate surface area is 108 Å². The van der Waals surface area contributed by atoms with Crippen LogP contribution in [0, 0.1) is 11.8 Å². The van der Waals surface area contributed by atoms with Gasteiger partial charge in [-0.2, -0.15) is 0 Å². The fourth-order valence-corrected chi connectivity index (χ4v) is 2.00. The van der Waals surface area contributed by atoms with Gasteiger partial charge in [0, 0.05) is 24.6 Å². The van der Waals surface area contributed by atoms with Crippen LogP contribution in [-0.4, -0.2) is 31.0 Å². The molecule has 0 atom stereocenters. The lowest BCUT2D eigenvalue weighted by Gasteiger charge is -2.24. The molecule has 1 aromatic carbocycles. The molecule has 0 spiro atoms. The highest BCUT2D eigenvalue weighted by Crippen LogP contribution is 2.11. The number of benzene rings is 1. The molecular weight excluding hydrogens is 226 g/mol. The molecule has 94 valence electrons. The van der Waals surface area contributed by atoms with E-state index < -0.39 is 0 Å². The number of carbonyl (C=O) groups is 1. The van der Waals surface area contributed by atoms with Gasteiger partial charge in [0.15, 0.2) is 0 Å². The molecule has 0 N–H and O–H groups in total. The summed E-state index contributed by atoms with van der Waals surface area (Å²) in [5, 5.41) is 0. The molecule has 0 aliphatic carbocycles. The molecule has 1 heterocycles. The Morgan fingerprint density at radius 3 is 2.78 bits per heavy atom. The van der Waals surface area contributed by atoms with Crippen LogP contribution >= 0.6 is 0 Å². The number of likely N-dealkylation sites (tertiary alicyclic amines) is 1. The lowest BCUT2D eigenvalue weighted by Crippen LogP contribution is -2.34. The van der Waals surface area contributed by atoms with Crippen molar-refractivity contribution in [2.45, 2.75) is 19.3 Å². The third-order valence-electron chi connectivity index (χ3n) is 3.03. The van der Waals surface area contributed by atoms with Gasteiger partial charge in [0.2, 0.25) is 0 Å². The average molecular weight is 243 g/mol. The van der Waals surface area contributed by atoms with Gasteiger partial charge >= 0.3 is 0 Å². The van der Waals surface area contributed by atoms with Crippen LogP contribution in [0.3, 0.4) is 0 Å². The standard InChI is InChI=1S/C15H17NO2/c1-18-14-7-5-6-13(12-14)8-9-15(17)16-10-3-2-4-11-16/h5-7,12H,2-4,10-11H2,1H3. The van der Waals surface area contributed by atoms with Crippen LogP contribution in [0.4, 0.5) is 0 Å². The smallest absolute Gasteiger partial charge is 0.298 e. The topological polar surface area (TPSA) is 29.5 Å². The molecular formula is C15H17NO2. The summed E-state index contributed by atoms with van der Waals surface area (Å²) >= 11 is 0. The Morgan fingerprint density at radius 1 is 1.28 bits per heavy atom. The maximum atomic E-state index is 11.8. The summed E-state index contributed by atoms with van der Waals surface area (Å²) in [4.78, 5) is 13.7. The van der Waals surface area contributed by atoms with E-state index in [0.717, 1.165) is 37.2 Å². The van der Waals surface area contributed by atoms with E-state index in [1.807, 2.05) is 29.2 Å². The Bertz CT molecular complexity index is 479. The maximum Gasteiger partial charge on any atom is 0.298 e. The molecule has 1 aliphatic heterocycles. The molecule has 0 aromatic heterocycles. The summed E-state index contributed by atoms with van der Waals surface area (Å²) in [5.74, 6) is 6.28. The van der Waals surface area contributed by atoms with Crippen LogP contribution in [0.15, 0.2) is 24.3 Å². The van der Waals surface area contributed by atoms with E-state index in [1.54, 1.807) is 7.11 Å². The van der Waals surface area contributed by atoms with Crippen LogP contribution in [-0.2, 0) is 4.79 Å². The Kier molecular flexibility index (Phi) is 4.25. The third-order valence-corrected chi connectivity index (χ3v) is 3.03. The summed E-state index contributed by atoms with van der Waals surface area (Å²) in [7, 11) is 1.62. The predicted octanol–water partition coefficient (Wildman–Crippen LogP) is 2.06. The second-order valence-corrected chi connectivity index (χ2v) is 4.33. The number of piperidine rings is 1. The van der Waals surface area contributed by atoms with E-state index in [4.69, 9.17) is 4.74 Å². The fourth-order valence-electron chi connectivity index (χ4n) is 2.00. The first-order chi connectivity index (χ1) is 8.79. The maximum absolute atomic E-state index is 11.8. The minimum absolute atomic E-state index is 0.0717. The normalized spacial score (nSPS) is 14.6. The zero-order valence-electron chi connectivity index (χ0n) is 10.6. The van der Waals surface area contributed by atoms with Crippen molar-refractivity contribution in [1.82, 2.24) is 4.90 Å². The third kappa shape index (κ3) is 3.27. The minimum Gasteiger partial charge on any atom is -0.497 e. The van der Waals surface area contributed by atoms with Crippen molar-refractivity contribution in [3.05, 3.63) is 29.8 Å². The van der Waals surface area contributed by atoms with Crippen LogP contribution in [0.25, 0.3) is 0 Å². The molecule has 0 saturated carbocycles. The van der Waals surface area contributed by atoms with Gasteiger partial charge in [-0.1, -0.05) is 12.0 Å². The number of hydrogen-bond donors (Lipinski definition) is 0. The van der Waals surface area contributed by atoms with Gasteiger partial charge in [-0.25, -0.2) is 0 Å². The van der Waals surface area contributed by atoms with Crippen molar-refractivity contribution in [2.24, 2.45) is 0 Å². The average Bonchev–Trinajstić information content (AvgIpc) is 2.46. The van der Waals surface area contributed by atoms with Crippen molar-refractivity contribution in [3.8, 4) is 17.6 Å². The predicted molar refractivity (Wildman–Crippen MR) is 70.3 cm³/mol. The highest BCUT2D eigenvalue weighted by Gasteiger charge is 2.13. The van der Waals surface area contributed by atoms with Crippen LogP contribution in [0.5, 0.6) is 5.75 Å². The van der Waals surface area contributed by atoms with E-state index >= 15 is 0 Å². The van der Waals surface area contributed by atoms with Gasteiger partial charge in [0.25, 0.3) is 5.91 Å². The number of nitrogens with zero attached hydrogens (tertiary/aromatic N) is 1. The Hall–Kier alpha value is -1.95. The zero-order chi connectivity index (χ0) is 12.8. The molecule has 1 saturated heterocycles. The van der Waals surface area contributed by atoms with E-state index in [-0.39, 0.29) is 5.91 Å². The molecule has 1 aromatic rings. The molecule has 2 rings (SSSR count).